The number of hydrogen-bond acceptors (Lipinski definition) is 4. The minimum Gasteiger partial charge on any atom is -0.506 e. The van der Waals surface area contributed by atoms with Gasteiger partial charge in [-0.1, -0.05) is 37.6 Å². The molecule has 0 aliphatic carbocycles. The first-order chi connectivity index (χ1) is 11.8. The van der Waals surface area contributed by atoms with Gasteiger partial charge in [-0.2, -0.15) is 4.31 Å². The van der Waals surface area contributed by atoms with E-state index in [-0.39, 0.29) is 26.9 Å². The molecule has 0 atom stereocenters. The van der Waals surface area contributed by atoms with Crippen LogP contribution in [0.1, 0.15) is 24.2 Å². The third-order valence-corrected chi connectivity index (χ3v) is 6.05. The van der Waals surface area contributed by atoms with Crippen molar-refractivity contribution in [3.05, 3.63) is 53.1 Å². The molecule has 0 aliphatic rings. The van der Waals surface area contributed by atoms with Crippen molar-refractivity contribution in [1.82, 2.24) is 4.31 Å². The van der Waals surface area contributed by atoms with Crippen LogP contribution in [0.15, 0.2) is 47.4 Å². The van der Waals surface area contributed by atoms with Crippen LogP contribution in [0.25, 0.3) is 0 Å². The van der Waals surface area contributed by atoms with Gasteiger partial charge >= 0.3 is 0 Å². The number of carbonyl (C=O) groups excluding carboxylic acids is 1. The van der Waals surface area contributed by atoms with Gasteiger partial charge in [-0.3, -0.25) is 4.79 Å². The van der Waals surface area contributed by atoms with Crippen LogP contribution in [0.4, 0.5) is 5.69 Å². The molecule has 0 saturated heterocycles. The zero-order chi connectivity index (χ0) is 18.6. The second-order valence-electron chi connectivity index (χ2n) is 5.20. The molecule has 0 bridgehead atoms. The average Bonchev–Trinajstić information content (AvgIpc) is 2.58. The fourth-order valence-electron chi connectivity index (χ4n) is 2.32. The lowest BCUT2D eigenvalue weighted by Gasteiger charge is -2.19. The fourth-order valence-corrected chi connectivity index (χ4v) is 4.01. The summed E-state index contributed by atoms with van der Waals surface area (Å²) in [7, 11) is -3.71. The van der Waals surface area contributed by atoms with Crippen molar-refractivity contribution in [2.24, 2.45) is 0 Å². The first-order valence-corrected chi connectivity index (χ1v) is 9.52. The summed E-state index contributed by atoms with van der Waals surface area (Å²) in [6.07, 6.45) is 0. The van der Waals surface area contributed by atoms with E-state index >= 15 is 0 Å². The summed E-state index contributed by atoms with van der Waals surface area (Å²) in [5, 5.41) is 12.4. The number of anilines is 1. The number of carbonyl (C=O) groups is 1. The summed E-state index contributed by atoms with van der Waals surface area (Å²) in [6, 6.07) is 10.2. The second-order valence-corrected chi connectivity index (χ2v) is 7.55. The number of nitrogens with one attached hydrogen (secondary N) is 1. The SMILES string of the molecule is CCN(CC)S(=O)(=O)c1ccc(Cl)c(C(=O)Nc2ccccc2O)c1. The highest BCUT2D eigenvalue weighted by atomic mass is 35.5. The first-order valence-electron chi connectivity index (χ1n) is 7.70. The summed E-state index contributed by atoms with van der Waals surface area (Å²) in [5.41, 5.74) is 0.221. The Hall–Kier alpha value is -2.09. The summed E-state index contributed by atoms with van der Waals surface area (Å²) in [6.45, 7) is 4.12. The van der Waals surface area contributed by atoms with E-state index < -0.39 is 15.9 Å². The predicted octanol–water partition coefficient (Wildman–Crippen LogP) is 3.33. The smallest absolute Gasteiger partial charge is 0.257 e. The lowest BCUT2D eigenvalue weighted by molar-refractivity contribution is 0.102. The number of benzene rings is 2. The summed E-state index contributed by atoms with van der Waals surface area (Å²) < 4.78 is 26.5. The van der Waals surface area contributed by atoms with E-state index in [9.17, 15) is 18.3 Å². The normalized spacial score (nSPS) is 11.5. The van der Waals surface area contributed by atoms with Gasteiger partial charge < -0.3 is 10.4 Å². The average molecular weight is 383 g/mol. The topological polar surface area (TPSA) is 86.7 Å². The van der Waals surface area contributed by atoms with Crippen LogP contribution in [0.5, 0.6) is 5.75 Å². The molecule has 2 rings (SSSR count). The fraction of sp³-hybridized carbons (Fsp3) is 0.235. The van der Waals surface area contributed by atoms with Crippen molar-refractivity contribution in [3.8, 4) is 5.75 Å². The van der Waals surface area contributed by atoms with Crippen molar-refractivity contribution in [3.63, 3.8) is 0 Å². The van der Waals surface area contributed by atoms with Gasteiger partial charge in [0.15, 0.2) is 0 Å². The van der Waals surface area contributed by atoms with E-state index in [2.05, 4.69) is 5.32 Å². The van der Waals surface area contributed by atoms with Crippen LogP contribution >= 0.6 is 11.6 Å². The van der Waals surface area contributed by atoms with Gasteiger partial charge in [0.25, 0.3) is 5.91 Å². The molecule has 25 heavy (non-hydrogen) atoms. The number of sulfonamides is 1. The van der Waals surface area contributed by atoms with Gasteiger partial charge in [0, 0.05) is 13.1 Å². The molecule has 8 heteroatoms. The van der Waals surface area contributed by atoms with E-state index in [4.69, 9.17) is 11.6 Å². The van der Waals surface area contributed by atoms with Gasteiger partial charge in [-0.25, -0.2) is 8.42 Å². The second kappa shape index (κ2) is 7.86. The van der Waals surface area contributed by atoms with Crippen LogP contribution in [0.3, 0.4) is 0 Å². The molecule has 0 spiro atoms. The maximum atomic E-state index is 12.6. The van der Waals surface area contributed by atoms with Crippen molar-refractivity contribution in [2.45, 2.75) is 18.7 Å². The molecular formula is C17H19ClN2O4S. The van der Waals surface area contributed by atoms with E-state index in [1.807, 2.05) is 0 Å². The maximum absolute atomic E-state index is 12.6. The molecule has 0 radical (unpaired) electrons. The standard InChI is InChI=1S/C17H19ClN2O4S/c1-3-20(4-2)25(23,24)12-9-10-14(18)13(11-12)17(22)19-15-7-5-6-8-16(15)21/h5-11,21H,3-4H2,1-2H3,(H,19,22). The molecule has 2 N–H and O–H groups in total. The summed E-state index contributed by atoms with van der Waals surface area (Å²) >= 11 is 6.06. The van der Waals surface area contributed by atoms with Crippen molar-refractivity contribution < 1.29 is 18.3 Å². The van der Waals surface area contributed by atoms with Crippen molar-refractivity contribution >= 4 is 33.2 Å². The Bertz CT molecular complexity index is 880. The van der Waals surface area contributed by atoms with Gasteiger partial charge in [0.1, 0.15) is 5.75 Å². The molecule has 2 aromatic rings. The van der Waals surface area contributed by atoms with Crippen molar-refractivity contribution in [1.29, 1.82) is 0 Å². The molecule has 0 aromatic heterocycles. The Kier molecular flexibility index (Phi) is 6.05. The van der Waals surface area contributed by atoms with E-state index in [0.717, 1.165) is 0 Å². The van der Waals surface area contributed by atoms with Gasteiger partial charge in [0.2, 0.25) is 10.0 Å². The lowest BCUT2D eigenvalue weighted by atomic mass is 10.2. The number of phenols is 1. The summed E-state index contributed by atoms with van der Waals surface area (Å²) in [4.78, 5) is 12.4. The Morgan fingerprint density at radius 1 is 1.16 bits per heavy atom. The Balaban J connectivity index is 2.39. The number of amides is 1. The zero-order valence-electron chi connectivity index (χ0n) is 13.9. The Labute approximate surface area is 152 Å². The first kappa shape index (κ1) is 19.2. The maximum Gasteiger partial charge on any atom is 0.257 e. The van der Waals surface area contributed by atoms with Gasteiger partial charge in [0.05, 0.1) is 21.2 Å². The molecule has 134 valence electrons. The lowest BCUT2D eigenvalue weighted by Crippen LogP contribution is -2.30. The monoisotopic (exact) mass is 382 g/mol. The Morgan fingerprint density at radius 2 is 1.80 bits per heavy atom. The molecule has 1 amide bonds. The van der Waals surface area contributed by atoms with Crippen LogP contribution in [-0.4, -0.2) is 36.8 Å². The van der Waals surface area contributed by atoms with Crippen molar-refractivity contribution in [2.75, 3.05) is 18.4 Å². The summed E-state index contributed by atoms with van der Waals surface area (Å²) in [5.74, 6) is -0.706. The van der Waals surface area contributed by atoms with Gasteiger partial charge in [-0.05, 0) is 30.3 Å². The molecule has 0 saturated carbocycles. The molecule has 0 fully saturated rings. The van der Waals surface area contributed by atoms with Crippen LogP contribution < -0.4 is 5.32 Å². The molecule has 0 aliphatic heterocycles. The minimum atomic E-state index is -3.71. The van der Waals surface area contributed by atoms with Crippen LogP contribution in [-0.2, 0) is 10.0 Å². The molecule has 0 unspecified atom stereocenters. The molecule has 6 nitrogen and oxygen atoms in total. The van der Waals surface area contributed by atoms with E-state index in [0.29, 0.717) is 13.1 Å². The number of para-hydroxylation sites is 2. The van der Waals surface area contributed by atoms with E-state index in [1.54, 1.807) is 26.0 Å². The van der Waals surface area contributed by atoms with E-state index in [1.165, 1.54) is 34.6 Å². The highest BCUT2D eigenvalue weighted by Gasteiger charge is 2.24. The van der Waals surface area contributed by atoms with Gasteiger partial charge in [-0.15, -0.1) is 0 Å². The third-order valence-electron chi connectivity index (χ3n) is 3.68. The number of rotatable bonds is 6. The minimum absolute atomic E-state index is 0.0111. The highest BCUT2D eigenvalue weighted by molar-refractivity contribution is 7.89. The quantitative estimate of drug-likeness (QED) is 0.750. The largest absolute Gasteiger partial charge is 0.506 e. The zero-order valence-corrected chi connectivity index (χ0v) is 15.4. The Morgan fingerprint density at radius 3 is 2.40 bits per heavy atom. The third kappa shape index (κ3) is 4.12. The van der Waals surface area contributed by atoms with Crippen LogP contribution in [0, 0.1) is 0 Å². The van der Waals surface area contributed by atoms with Crippen LogP contribution in [0.2, 0.25) is 5.02 Å². The number of aromatic hydroxyl groups is 1. The predicted molar refractivity (Wildman–Crippen MR) is 97.6 cm³/mol. The molecule has 0 heterocycles. The number of nitrogens with zero attached hydrogens (tertiary/aromatic N) is 1. The molecule has 2 aromatic carbocycles. The number of hydrogen-bond donors (Lipinski definition) is 2. The number of phenolic OH excluding ortho intramolecular Hbond substituents is 1. The molecular weight excluding hydrogens is 364 g/mol. The highest BCUT2D eigenvalue weighted by Crippen LogP contribution is 2.26. The number of halogens is 1.